The van der Waals surface area contributed by atoms with Crippen LogP contribution in [0.1, 0.15) is 22.2 Å². The van der Waals surface area contributed by atoms with Crippen LogP contribution in [0.25, 0.3) is 0 Å². The summed E-state index contributed by atoms with van der Waals surface area (Å²) in [5, 5.41) is 12.6. The Balaban J connectivity index is 3.16. The van der Waals surface area contributed by atoms with Gasteiger partial charge in [-0.15, -0.1) is 6.58 Å². The molecule has 0 amide bonds. The van der Waals surface area contributed by atoms with E-state index in [0.717, 1.165) is 6.08 Å². The van der Waals surface area contributed by atoms with Crippen LogP contribution in [-0.4, -0.2) is 20.9 Å². The molecule has 5 heteroatoms. The highest BCUT2D eigenvalue weighted by Crippen LogP contribution is 2.20. The second kappa shape index (κ2) is 4.54. The number of carboxylic acid groups (broad SMARTS) is 1. The first kappa shape index (κ1) is 11.2. The standard InChI is InChI=1S/C10H11FN2O2/c1-3-5-13-6-7(10(14)15)9(12-13)8(11)4-2/h3-4,6,8H,1-2,5H2,(H,14,15). The zero-order valence-corrected chi connectivity index (χ0v) is 8.06. The van der Waals surface area contributed by atoms with Crippen molar-refractivity contribution in [2.24, 2.45) is 0 Å². The Morgan fingerprint density at radius 2 is 2.40 bits per heavy atom. The lowest BCUT2D eigenvalue weighted by Crippen LogP contribution is -2.01. The van der Waals surface area contributed by atoms with Crippen molar-refractivity contribution >= 4 is 5.97 Å². The fraction of sp³-hybridized carbons (Fsp3) is 0.200. The van der Waals surface area contributed by atoms with Gasteiger partial charge in [0.05, 0.1) is 6.54 Å². The maximum Gasteiger partial charge on any atom is 0.339 e. The summed E-state index contributed by atoms with van der Waals surface area (Å²) < 4.78 is 14.6. The number of nitrogens with zero attached hydrogens (tertiary/aromatic N) is 2. The first-order chi connectivity index (χ1) is 7.10. The van der Waals surface area contributed by atoms with Crippen molar-refractivity contribution in [2.45, 2.75) is 12.7 Å². The van der Waals surface area contributed by atoms with Crippen LogP contribution < -0.4 is 0 Å². The number of hydrogen-bond donors (Lipinski definition) is 1. The quantitative estimate of drug-likeness (QED) is 0.756. The van der Waals surface area contributed by atoms with E-state index in [9.17, 15) is 9.18 Å². The van der Waals surface area contributed by atoms with Crippen molar-refractivity contribution in [3.63, 3.8) is 0 Å². The Hall–Kier alpha value is -1.91. The molecule has 1 aromatic heterocycles. The summed E-state index contributed by atoms with van der Waals surface area (Å²) in [4.78, 5) is 10.8. The number of alkyl halides is 1. The summed E-state index contributed by atoms with van der Waals surface area (Å²) in [5.41, 5.74) is -0.274. The Labute approximate surface area is 86.3 Å². The van der Waals surface area contributed by atoms with Gasteiger partial charge in [-0.3, -0.25) is 4.68 Å². The van der Waals surface area contributed by atoms with Gasteiger partial charge in [-0.1, -0.05) is 18.7 Å². The molecule has 0 aliphatic rings. The van der Waals surface area contributed by atoms with Gasteiger partial charge in [0, 0.05) is 6.20 Å². The number of rotatable bonds is 5. The summed E-state index contributed by atoms with van der Waals surface area (Å²) in [5.74, 6) is -1.20. The van der Waals surface area contributed by atoms with E-state index in [2.05, 4.69) is 18.3 Å². The summed E-state index contributed by atoms with van der Waals surface area (Å²) in [6.07, 6.45) is 2.26. The van der Waals surface area contributed by atoms with E-state index in [-0.39, 0.29) is 11.3 Å². The molecule has 1 aromatic rings. The molecule has 1 heterocycles. The SMILES string of the molecule is C=CCn1cc(C(=O)O)c(C(F)C=C)n1. The van der Waals surface area contributed by atoms with Crippen LogP contribution in [0.2, 0.25) is 0 Å². The normalized spacial score (nSPS) is 12.1. The zero-order valence-electron chi connectivity index (χ0n) is 8.06. The highest BCUT2D eigenvalue weighted by molar-refractivity contribution is 5.88. The first-order valence-electron chi connectivity index (χ1n) is 4.28. The van der Waals surface area contributed by atoms with E-state index in [1.165, 1.54) is 10.9 Å². The van der Waals surface area contributed by atoms with Crippen molar-refractivity contribution in [1.82, 2.24) is 9.78 Å². The molecule has 0 saturated carbocycles. The molecule has 0 aliphatic heterocycles. The molecule has 0 aliphatic carbocycles. The van der Waals surface area contributed by atoms with E-state index in [4.69, 9.17) is 5.11 Å². The molecule has 4 nitrogen and oxygen atoms in total. The molecule has 1 N–H and O–H groups in total. The van der Waals surface area contributed by atoms with Gasteiger partial charge >= 0.3 is 5.97 Å². The van der Waals surface area contributed by atoms with Crippen LogP contribution in [0, 0.1) is 0 Å². The number of allylic oxidation sites excluding steroid dienone is 2. The van der Waals surface area contributed by atoms with Gasteiger partial charge in [0.15, 0.2) is 6.17 Å². The maximum absolute atomic E-state index is 13.3. The lowest BCUT2D eigenvalue weighted by atomic mass is 10.2. The Morgan fingerprint density at radius 3 is 2.87 bits per heavy atom. The fourth-order valence-corrected chi connectivity index (χ4v) is 1.14. The van der Waals surface area contributed by atoms with Crippen molar-refractivity contribution in [1.29, 1.82) is 0 Å². The number of hydrogen-bond acceptors (Lipinski definition) is 2. The fourth-order valence-electron chi connectivity index (χ4n) is 1.14. The van der Waals surface area contributed by atoms with Gasteiger partial charge in [0.1, 0.15) is 11.3 Å². The smallest absolute Gasteiger partial charge is 0.339 e. The van der Waals surface area contributed by atoms with Gasteiger partial charge in [0.25, 0.3) is 0 Å². The third-order valence-corrected chi connectivity index (χ3v) is 1.80. The van der Waals surface area contributed by atoms with Crippen molar-refractivity contribution in [3.8, 4) is 0 Å². The number of carbonyl (C=O) groups is 1. The van der Waals surface area contributed by atoms with Crippen LogP contribution in [-0.2, 0) is 6.54 Å². The van der Waals surface area contributed by atoms with Crippen molar-refractivity contribution in [3.05, 3.63) is 42.8 Å². The molecule has 0 radical (unpaired) electrons. The van der Waals surface area contributed by atoms with Crippen LogP contribution >= 0.6 is 0 Å². The minimum absolute atomic E-state index is 0.126. The molecule has 80 valence electrons. The molecule has 1 atom stereocenters. The molecule has 15 heavy (non-hydrogen) atoms. The van der Waals surface area contributed by atoms with E-state index in [0.29, 0.717) is 6.54 Å². The topological polar surface area (TPSA) is 55.1 Å². The third kappa shape index (κ3) is 2.31. The Bertz CT molecular complexity index is 398. The third-order valence-electron chi connectivity index (χ3n) is 1.80. The number of aromatic nitrogens is 2. The Morgan fingerprint density at radius 1 is 1.73 bits per heavy atom. The molecule has 0 fully saturated rings. The van der Waals surface area contributed by atoms with Crippen LogP contribution in [0.3, 0.4) is 0 Å². The minimum atomic E-state index is -1.57. The molecule has 1 unspecified atom stereocenters. The van der Waals surface area contributed by atoms with Gasteiger partial charge in [-0.2, -0.15) is 5.10 Å². The molecular formula is C10H11FN2O2. The van der Waals surface area contributed by atoms with E-state index in [1.54, 1.807) is 6.08 Å². The molecular weight excluding hydrogens is 199 g/mol. The highest BCUT2D eigenvalue weighted by atomic mass is 19.1. The largest absolute Gasteiger partial charge is 0.478 e. The molecule has 1 rings (SSSR count). The van der Waals surface area contributed by atoms with Gasteiger partial charge < -0.3 is 5.11 Å². The summed E-state index contributed by atoms with van der Waals surface area (Å²) in [7, 11) is 0. The van der Waals surface area contributed by atoms with E-state index in [1.807, 2.05) is 0 Å². The van der Waals surface area contributed by atoms with Gasteiger partial charge in [-0.25, -0.2) is 9.18 Å². The van der Waals surface area contributed by atoms with Crippen LogP contribution in [0.15, 0.2) is 31.5 Å². The summed E-state index contributed by atoms with van der Waals surface area (Å²) >= 11 is 0. The van der Waals surface area contributed by atoms with Crippen molar-refractivity contribution < 1.29 is 14.3 Å². The minimum Gasteiger partial charge on any atom is -0.478 e. The monoisotopic (exact) mass is 210 g/mol. The first-order valence-corrected chi connectivity index (χ1v) is 4.28. The number of halogens is 1. The second-order valence-electron chi connectivity index (χ2n) is 2.88. The van der Waals surface area contributed by atoms with Gasteiger partial charge in [-0.05, 0) is 0 Å². The summed E-state index contributed by atoms with van der Waals surface area (Å²) in [6.45, 7) is 7.08. The van der Waals surface area contributed by atoms with Crippen LogP contribution in [0.5, 0.6) is 0 Å². The lowest BCUT2D eigenvalue weighted by Gasteiger charge is -1.98. The average molecular weight is 210 g/mol. The molecule has 0 bridgehead atoms. The number of aromatic carboxylic acids is 1. The molecule has 0 saturated heterocycles. The lowest BCUT2D eigenvalue weighted by molar-refractivity contribution is 0.0694. The van der Waals surface area contributed by atoms with E-state index >= 15 is 0 Å². The average Bonchev–Trinajstić information content (AvgIpc) is 2.61. The van der Waals surface area contributed by atoms with Crippen molar-refractivity contribution in [2.75, 3.05) is 0 Å². The maximum atomic E-state index is 13.3. The van der Waals surface area contributed by atoms with Crippen LogP contribution in [0.4, 0.5) is 4.39 Å². The van der Waals surface area contributed by atoms with Gasteiger partial charge in [0.2, 0.25) is 0 Å². The predicted molar refractivity (Wildman–Crippen MR) is 53.4 cm³/mol. The highest BCUT2D eigenvalue weighted by Gasteiger charge is 2.20. The second-order valence-corrected chi connectivity index (χ2v) is 2.88. The predicted octanol–water partition coefficient (Wildman–Crippen LogP) is 1.96. The molecule has 0 aromatic carbocycles. The van der Waals surface area contributed by atoms with E-state index < -0.39 is 12.1 Å². The Kier molecular flexibility index (Phi) is 3.38. The molecule has 0 spiro atoms. The zero-order chi connectivity index (χ0) is 11.4. The number of carboxylic acids is 1. The summed E-state index contributed by atoms with van der Waals surface area (Å²) in [6, 6.07) is 0.